The Bertz CT molecular complexity index is 1780. The number of phenolic OH excluding ortho intramolecular Hbond substituents is 3. The van der Waals surface area contributed by atoms with Gasteiger partial charge in [-0.05, 0) is 31.2 Å². The molecule has 3 aromatic rings. The van der Waals surface area contributed by atoms with Crippen LogP contribution in [0.2, 0.25) is 0 Å². The first kappa shape index (κ1) is 39.0. The summed E-state index contributed by atoms with van der Waals surface area (Å²) in [6.45, 7) is -0.157. The minimum absolute atomic E-state index is 0.118. The van der Waals surface area contributed by atoms with Gasteiger partial charge in [-0.1, -0.05) is 0 Å². The summed E-state index contributed by atoms with van der Waals surface area (Å²) in [4.78, 5) is 14.0. The van der Waals surface area contributed by atoms with Crippen molar-refractivity contribution in [2.45, 2.75) is 99.0 Å². The molecule has 53 heavy (non-hydrogen) atoms. The molecule has 0 saturated carbocycles. The standard InChI is InChI=1S/C33H40O20/c1-10-19(38)23(42)27(46)32(48-10)53-30-25(44)21(40)17(9-47-31-26(45)24(43)20(39)16(8-34)50-31)51-33(30)52-29-22(41)18-14(37)6-13(36)7-15(18)49-28(29)11-2-4-12(35)5-3-11/h2-7,10,16-17,19-21,23-27,30-40,42-46H,8-9H2,1H3/t10-,16-,17-,19-,20-,21-,23+,24+,25+,26-,27+,30-,31-,32-,33+/m0/s1. The SMILES string of the molecule is C[C@@H]1O[C@@H](O[C@@H]2[C@@H](Oc3c(-c4ccc(O)cc4)oc4cc(O)cc(O)c4c3=O)O[C@@H](CO[C@H]3O[C@@H](CO)[C@H](O)[C@@H](O)[C@@H]3O)[C@H](O)[C@H]2O)[C@H](O)[C@H](O)[C@H]1O. The highest BCUT2D eigenvalue weighted by Gasteiger charge is 2.52. The maximum absolute atomic E-state index is 14.0. The summed E-state index contributed by atoms with van der Waals surface area (Å²) in [5.74, 6) is -2.36. The highest BCUT2D eigenvalue weighted by atomic mass is 16.8. The number of ether oxygens (including phenoxy) is 6. The quantitative estimate of drug-likeness (QED) is 0.100. The predicted molar refractivity (Wildman–Crippen MR) is 171 cm³/mol. The Hall–Kier alpha value is -3.71. The van der Waals surface area contributed by atoms with Crippen LogP contribution in [0.3, 0.4) is 0 Å². The van der Waals surface area contributed by atoms with E-state index in [2.05, 4.69) is 0 Å². The first-order valence-electron chi connectivity index (χ1n) is 16.4. The molecule has 20 nitrogen and oxygen atoms in total. The molecule has 15 atom stereocenters. The molecule has 0 aliphatic carbocycles. The fourth-order valence-electron chi connectivity index (χ4n) is 6.25. The lowest BCUT2D eigenvalue weighted by Gasteiger charge is -2.46. The molecule has 3 aliphatic heterocycles. The molecule has 3 aliphatic rings. The van der Waals surface area contributed by atoms with Crippen molar-refractivity contribution in [3.05, 3.63) is 46.6 Å². The van der Waals surface area contributed by atoms with Crippen molar-refractivity contribution in [2.75, 3.05) is 13.2 Å². The van der Waals surface area contributed by atoms with Gasteiger partial charge in [0.1, 0.15) is 89.3 Å². The molecular weight excluding hydrogens is 716 g/mol. The summed E-state index contributed by atoms with van der Waals surface area (Å²) in [5.41, 5.74) is -1.21. The zero-order valence-corrected chi connectivity index (χ0v) is 27.7. The Labute approximate surface area is 298 Å². The van der Waals surface area contributed by atoms with Crippen molar-refractivity contribution in [3.63, 3.8) is 0 Å². The zero-order chi connectivity index (χ0) is 38.5. The third kappa shape index (κ3) is 7.52. The molecule has 0 bridgehead atoms. The van der Waals surface area contributed by atoms with E-state index in [1.165, 1.54) is 31.2 Å². The number of rotatable bonds is 9. The highest BCUT2D eigenvalue weighted by molar-refractivity contribution is 5.88. The van der Waals surface area contributed by atoms with Crippen LogP contribution in [-0.2, 0) is 23.7 Å². The molecule has 0 unspecified atom stereocenters. The van der Waals surface area contributed by atoms with E-state index in [1.807, 2.05) is 0 Å². The fraction of sp³-hybridized carbons (Fsp3) is 0.545. The molecule has 6 rings (SSSR count). The number of aliphatic hydroxyl groups is 9. The van der Waals surface area contributed by atoms with Gasteiger partial charge in [0.2, 0.25) is 17.5 Å². The second-order valence-electron chi connectivity index (χ2n) is 12.9. The zero-order valence-electron chi connectivity index (χ0n) is 27.7. The van der Waals surface area contributed by atoms with E-state index >= 15 is 0 Å². The number of aliphatic hydroxyl groups excluding tert-OH is 9. The van der Waals surface area contributed by atoms with Crippen LogP contribution in [-0.4, -0.2) is 167 Å². The van der Waals surface area contributed by atoms with E-state index in [9.17, 15) is 66.1 Å². The van der Waals surface area contributed by atoms with Gasteiger partial charge in [-0.25, -0.2) is 0 Å². The second-order valence-corrected chi connectivity index (χ2v) is 12.9. The largest absolute Gasteiger partial charge is 0.508 e. The van der Waals surface area contributed by atoms with Crippen molar-refractivity contribution < 1.29 is 94.1 Å². The lowest BCUT2D eigenvalue weighted by atomic mass is 9.97. The Kier molecular flexibility index (Phi) is 11.5. The Morgan fingerprint density at radius 2 is 1.30 bits per heavy atom. The molecular formula is C33H40O20. The fourth-order valence-corrected chi connectivity index (χ4v) is 6.25. The maximum Gasteiger partial charge on any atom is 0.239 e. The summed E-state index contributed by atoms with van der Waals surface area (Å²) in [7, 11) is 0. The summed E-state index contributed by atoms with van der Waals surface area (Å²) in [5, 5.41) is 124. The van der Waals surface area contributed by atoms with Gasteiger partial charge in [-0.3, -0.25) is 4.79 Å². The number of benzene rings is 2. The van der Waals surface area contributed by atoms with Gasteiger partial charge >= 0.3 is 0 Å². The highest BCUT2D eigenvalue weighted by Crippen LogP contribution is 2.38. The van der Waals surface area contributed by atoms with Gasteiger partial charge in [0, 0.05) is 17.7 Å². The first-order chi connectivity index (χ1) is 25.1. The molecule has 4 heterocycles. The maximum atomic E-state index is 14.0. The van der Waals surface area contributed by atoms with Gasteiger partial charge in [0.15, 0.2) is 24.4 Å². The minimum atomic E-state index is -2.04. The van der Waals surface area contributed by atoms with E-state index in [4.69, 9.17) is 32.8 Å². The lowest BCUT2D eigenvalue weighted by Crippen LogP contribution is -2.65. The van der Waals surface area contributed by atoms with Crippen LogP contribution >= 0.6 is 0 Å². The average Bonchev–Trinajstić information content (AvgIpc) is 3.12. The van der Waals surface area contributed by atoms with Crippen LogP contribution in [0.1, 0.15) is 6.92 Å². The van der Waals surface area contributed by atoms with Crippen LogP contribution < -0.4 is 10.2 Å². The normalized spacial score (nSPS) is 37.8. The summed E-state index contributed by atoms with van der Waals surface area (Å²) >= 11 is 0. The van der Waals surface area contributed by atoms with Crippen molar-refractivity contribution in [1.82, 2.24) is 0 Å². The Morgan fingerprint density at radius 1 is 0.679 bits per heavy atom. The summed E-state index contributed by atoms with van der Waals surface area (Å²) < 4.78 is 40.0. The van der Waals surface area contributed by atoms with Crippen molar-refractivity contribution >= 4 is 11.0 Å². The molecule has 292 valence electrons. The molecule has 20 heteroatoms. The molecule has 3 fully saturated rings. The smallest absolute Gasteiger partial charge is 0.239 e. The minimum Gasteiger partial charge on any atom is -0.508 e. The number of fused-ring (bicyclic) bond motifs is 1. The van der Waals surface area contributed by atoms with Gasteiger partial charge in [0.25, 0.3) is 0 Å². The van der Waals surface area contributed by atoms with Crippen LogP contribution in [0, 0.1) is 0 Å². The van der Waals surface area contributed by atoms with Crippen LogP contribution in [0.5, 0.6) is 23.0 Å². The Morgan fingerprint density at radius 3 is 1.98 bits per heavy atom. The number of aromatic hydroxyl groups is 3. The first-order valence-corrected chi connectivity index (χ1v) is 16.4. The average molecular weight is 757 g/mol. The third-order valence-electron chi connectivity index (χ3n) is 9.30. The molecule has 3 saturated heterocycles. The van der Waals surface area contributed by atoms with Crippen molar-refractivity contribution in [2.24, 2.45) is 0 Å². The van der Waals surface area contributed by atoms with Gasteiger partial charge in [-0.2, -0.15) is 0 Å². The molecule has 1 aromatic heterocycles. The second kappa shape index (κ2) is 15.6. The van der Waals surface area contributed by atoms with Crippen LogP contribution in [0.15, 0.2) is 45.6 Å². The third-order valence-corrected chi connectivity index (χ3v) is 9.30. The topological polar surface area (TPSA) is 328 Å². The Balaban J connectivity index is 1.38. The van der Waals surface area contributed by atoms with Gasteiger partial charge in [0.05, 0.1) is 19.3 Å². The van der Waals surface area contributed by atoms with E-state index in [1.54, 1.807) is 0 Å². The van der Waals surface area contributed by atoms with Gasteiger partial charge in [-0.15, -0.1) is 0 Å². The number of hydrogen-bond acceptors (Lipinski definition) is 20. The molecule has 0 radical (unpaired) electrons. The van der Waals surface area contributed by atoms with E-state index < -0.39 is 133 Å². The van der Waals surface area contributed by atoms with Gasteiger partial charge < -0.3 is 94.1 Å². The lowest BCUT2D eigenvalue weighted by molar-refractivity contribution is -0.360. The number of phenols is 3. The van der Waals surface area contributed by atoms with E-state index in [0.717, 1.165) is 12.1 Å². The molecule has 2 aromatic carbocycles. The molecule has 0 amide bonds. The number of hydrogen-bond donors (Lipinski definition) is 12. The summed E-state index contributed by atoms with van der Waals surface area (Å²) in [6, 6.07) is 7.08. The van der Waals surface area contributed by atoms with E-state index in [-0.39, 0.29) is 22.7 Å². The van der Waals surface area contributed by atoms with Crippen molar-refractivity contribution in [3.8, 4) is 34.3 Å². The summed E-state index contributed by atoms with van der Waals surface area (Å²) in [6.07, 6.45) is -26.0. The van der Waals surface area contributed by atoms with Crippen LogP contribution in [0.25, 0.3) is 22.3 Å². The molecule has 0 spiro atoms. The van der Waals surface area contributed by atoms with Crippen LogP contribution in [0.4, 0.5) is 0 Å². The monoisotopic (exact) mass is 756 g/mol. The molecule has 12 N–H and O–H groups in total. The predicted octanol–water partition coefficient (Wildman–Crippen LogP) is -3.57. The van der Waals surface area contributed by atoms with E-state index in [0.29, 0.717) is 0 Å². The van der Waals surface area contributed by atoms with Crippen molar-refractivity contribution in [1.29, 1.82) is 0 Å².